The van der Waals surface area contributed by atoms with Gasteiger partial charge in [0.05, 0.1) is 17.2 Å². The summed E-state index contributed by atoms with van der Waals surface area (Å²) in [6.07, 6.45) is 1.76. The number of amides is 2. The van der Waals surface area contributed by atoms with Crippen LogP contribution in [0.25, 0.3) is 10.9 Å². The minimum atomic E-state index is -0.408. The van der Waals surface area contributed by atoms with Crippen LogP contribution in [0, 0.1) is 12.3 Å². The zero-order chi connectivity index (χ0) is 20.5. The highest BCUT2D eigenvalue weighted by Crippen LogP contribution is 2.19. The molecular formula is C21H28N4O3. The fourth-order valence-corrected chi connectivity index (χ4v) is 3.50. The van der Waals surface area contributed by atoms with Crippen molar-refractivity contribution in [3.8, 4) is 0 Å². The van der Waals surface area contributed by atoms with Gasteiger partial charge in [-0.05, 0) is 18.6 Å². The molecule has 0 N–H and O–H groups in total. The minimum Gasteiger partial charge on any atom is -0.339 e. The van der Waals surface area contributed by atoms with Gasteiger partial charge in [-0.25, -0.2) is 4.98 Å². The van der Waals surface area contributed by atoms with Crippen LogP contribution in [-0.4, -0.2) is 57.3 Å². The van der Waals surface area contributed by atoms with Crippen LogP contribution < -0.4 is 5.56 Å². The lowest BCUT2D eigenvalue weighted by molar-refractivity contribution is -0.145. The lowest BCUT2D eigenvalue weighted by atomic mass is 9.94. The van der Waals surface area contributed by atoms with Gasteiger partial charge in [0.15, 0.2) is 0 Å². The molecule has 0 aliphatic carbocycles. The van der Waals surface area contributed by atoms with Gasteiger partial charge in [0.25, 0.3) is 5.56 Å². The quantitative estimate of drug-likeness (QED) is 0.809. The summed E-state index contributed by atoms with van der Waals surface area (Å²) >= 11 is 0. The van der Waals surface area contributed by atoms with Crippen LogP contribution in [0.1, 0.15) is 32.8 Å². The maximum absolute atomic E-state index is 12.6. The van der Waals surface area contributed by atoms with Crippen molar-refractivity contribution in [2.75, 3.05) is 26.2 Å². The molecule has 150 valence electrons. The SMILES string of the molecule is Cc1cccc2c(=O)n(CCC(=O)N3CCN(C(=O)C(C)(C)C)CC3)cnc12. The van der Waals surface area contributed by atoms with Crippen LogP contribution in [0.5, 0.6) is 0 Å². The molecule has 7 heteroatoms. The maximum atomic E-state index is 12.6. The molecule has 28 heavy (non-hydrogen) atoms. The number of benzene rings is 1. The third-order valence-corrected chi connectivity index (χ3v) is 5.18. The van der Waals surface area contributed by atoms with E-state index in [9.17, 15) is 14.4 Å². The minimum absolute atomic E-state index is 0.000836. The predicted octanol–water partition coefficient (Wildman–Crippen LogP) is 1.81. The van der Waals surface area contributed by atoms with Crippen molar-refractivity contribution in [2.45, 2.75) is 40.7 Å². The van der Waals surface area contributed by atoms with Crippen molar-refractivity contribution in [3.05, 3.63) is 40.4 Å². The van der Waals surface area contributed by atoms with Crippen LogP contribution in [0.2, 0.25) is 0 Å². The number of fused-ring (bicyclic) bond motifs is 1. The van der Waals surface area contributed by atoms with E-state index < -0.39 is 5.41 Å². The number of carbonyl (C=O) groups is 2. The van der Waals surface area contributed by atoms with Crippen LogP contribution in [0.3, 0.4) is 0 Å². The molecule has 3 rings (SSSR count). The Morgan fingerprint density at radius 1 is 1.07 bits per heavy atom. The van der Waals surface area contributed by atoms with E-state index in [0.29, 0.717) is 43.6 Å². The zero-order valence-electron chi connectivity index (χ0n) is 17.1. The molecule has 0 unspecified atom stereocenters. The lowest BCUT2D eigenvalue weighted by Crippen LogP contribution is -2.53. The normalized spacial score (nSPS) is 15.1. The molecule has 0 spiro atoms. The second kappa shape index (κ2) is 7.73. The van der Waals surface area contributed by atoms with E-state index in [1.54, 1.807) is 11.0 Å². The van der Waals surface area contributed by atoms with Gasteiger partial charge in [-0.15, -0.1) is 0 Å². The number of piperazine rings is 1. The van der Waals surface area contributed by atoms with E-state index in [4.69, 9.17) is 0 Å². The van der Waals surface area contributed by atoms with Gasteiger partial charge in [-0.3, -0.25) is 19.0 Å². The van der Waals surface area contributed by atoms with Gasteiger partial charge in [-0.1, -0.05) is 32.9 Å². The van der Waals surface area contributed by atoms with Gasteiger partial charge < -0.3 is 9.80 Å². The van der Waals surface area contributed by atoms with Crippen molar-refractivity contribution in [1.29, 1.82) is 0 Å². The van der Waals surface area contributed by atoms with Crippen molar-refractivity contribution < 1.29 is 9.59 Å². The zero-order valence-corrected chi connectivity index (χ0v) is 17.1. The number of hydrogen-bond donors (Lipinski definition) is 0. The molecule has 1 fully saturated rings. The number of aromatic nitrogens is 2. The highest BCUT2D eigenvalue weighted by Gasteiger charge is 2.30. The summed E-state index contributed by atoms with van der Waals surface area (Å²) in [5.74, 6) is 0.114. The monoisotopic (exact) mass is 384 g/mol. The second-order valence-electron chi connectivity index (χ2n) is 8.39. The van der Waals surface area contributed by atoms with E-state index in [0.717, 1.165) is 5.56 Å². The molecule has 1 saturated heterocycles. The van der Waals surface area contributed by atoms with E-state index in [-0.39, 0.29) is 23.8 Å². The third kappa shape index (κ3) is 4.08. The van der Waals surface area contributed by atoms with Crippen LogP contribution in [-0.2, 0) is 16.1 Å². The number of carbonyl (C=O) groups excluding carboxylic acids is 2. The summed E-state index contributed by atoms with van der Waals surface area (Å²) in [7, 11) is 0. The Labute approximate surface area is 165 Å². The maximum Gasteiger partial charge on any atom is 0.261 e. The highest BCUT2D eigenvalue weighted by molar-refractivity contribution is 5.82. The smallest absolute Gasteiger partial charge is 0.261 e. The number of para-hydroxylation sites is 1. The largest absolute Gasteiger partial charge is 0.339 e. The summed E-state index contributed by atoms with van der Waals surface area (Å²) < 4.78 is 1.50. The average molecular weight is 384 g/mol. The predicted molar refractivity (Wildman–Crippen MR) is 108 cm³/mol. The first-order valence-electron chi connectivity index (χ1n) is 9.70. The fraction of sp³-hybridized carbons (Fsp3) is 0.524. The number of aryl methyl sites for hydroxylation is 2. The van der Waals surface area contributed by atoms with Gasteiger partial charge >= 0.3 is 0 Å². The Morgan fingerprint density at radius 3 is 2.36 bits per heavy atom. The molecule has 1 aliphatic rings. The standard InChI is InChI=1S/C21H28N4O3/c1-15-6-5-7-16-18(15)22-14-25(19(16)27)9-8-17(26)23-10-12-24(13-11-23)20(28)21(2,3)4/h5-7,14H,8-13H2,1-4H3. The second-order valence-corrected chi connectivity index (χ2v) is 8.39. The summed E-state index contributed by atoms with van der Waals surface area (Å²) in [6.45, 7) is 10.1. The molecule has 0 saturated carbocycles. The van der Waals surface area contributed by atoms with Gasteiger partial charge in [-0.2, -0.15) is 0 Å². The van der Waals surface area contributed by atoms with E-state index in [1.807, 2.05) is 44.7 Å². The van der Waals surface area contributed by atoms with Gasteiger partial charge in [0.1, 0.15) is 0 Å². The van der Waals surface area contributed by atoms with E-state index >= 15 is 0 Å². The molecule has 1 aliphatic heterocycles. The van der Waals surface area contributed by atoms with Crippen molar-refractivity contribution in [2.24, 2.45) is 5.41 Å². The molecule has 2 amide bonds. The van der Waals surface area contributed by atoms with Gasteiger partial charge in [0, 0.05) is 44.6 Å². The lowest BCUT2D eigenvalue weighted by Gasteiger charge is -2.37. The first-order valence-corrected chi connectivity index (χ1v) is 9.70. The van der Waals surface area contributed by atoms with Crippen LogP contribution in [0.4, 0.5) is 0 Å². The fourth-order valence-electron chi connectivity index (χ4n) is 3.50. The summed E-state index contributed by atoms with van der Waals surface area (Å²) in [5.41, 5.74) is 1.13. The Bertz CT molecular complexity index is 950. The van der Waals surface area contributed by atoms with Crippen molar-refractivity contribution in [3.63, 3.8) is 0 Å². The molecule has 7 nitrogen and oxygen atoms in total. The summed E-state index contributed by atoms with van der Waals surface area (Å²) in [4.78, 5) is 45.5. The van der Waals surface area contributed by atoms with Crippen molar-refractivity contribution in [1.82, 2.24) is 19.4 Å². The molecular weight excluding hydrogens is 356 g/mol. The van der Waals surface area contributed by atoms with Crippen LogP contribution in [0.15, 0.2) is 29.3 Å². The Morgan fingerprint density at radius 2 is 1.71 bits per heavy atom. The molecule has 1 aromatic carbocycles. The molecule has 0 radical (unpaired) electrons. The molecule has 0 bridgehead atoms. The first-order chi connectivity index (χ1) is 13.2. The Balaban J connectivity index is 1.60. The summed E-state index contributed by atoms with van der Waals surface area (Å²) in [5, 5.41) is 0.573. The molecule has 2 heterocycles. The number of rotatable bonds is 3. The molecule has 1 aromatic heterocycles. The highest BCUT2D eigenvalue weighted by atomic mass is 16.2. The Hall–Kier alpha value is -2.70. The van der Waals surface area contributed by atoms with E-state index in [1.165, 1.54) is 10.9 Å². The average Bonchev–Trinajstić information content (AvgIpc) is 2.66. The third-order valence-electron chi connectivity index (χ3n) is 5.18. The number of nitrogens with zero attached hydrogens (tertiary/aromatic N) is 4. The number of hydrogen-bond acceptors (Lipinski definition) is 4. The Kier molecular flexibility index (Phi) is 5.54. The molecule has 2 aromatic rings. The van der Waals surface area contributed by atoms with E-state index in [2.05, 4.69) is 4.98 Å². The van der Waals surface area contributed by atoms with Crippen LogP contribution >= 0.6 is 0 Å². The van der Waals surface area contributed by atoms with Crippen molar-refractivity contribution >= 4 is 22.7 Å². The molecule has 0 atom stereocenters. The van der Waals surface area contributed by atoms with Gasteiger partial charge in [0.2, 0.25) is 11.8 Å². The summed E-state index contributed by atoms with van der Waals surface area (Å²) in [6, 6.07) is 5.53. The first kappa shape index (κ1) is 20.0. The topological polar surface area (TPSA) is 75.5 Å².